The van der Waals surface area contributed by atoms with E-state index < -0.39 is 0 Å². The first-order chi connectivity index (χ1) is 8.45. The molecule has 2 amide bonds. The molecule has 100 valence electrons. The zero-order valence-electron chi connectivity index (χ0n) is 10.3. The Hall–Kier alpha value is -0.970. The van der Waals surface area contributed by atoms with E-state index in [2.05, 4.69) is 5.32 Å². The Labute approximate surface area is 116 Å². The van der Waals surface area contributed by atoms with Crippen molar-refractivity contribution in [2.75, 3.05) is 18.5 Å². The zero-order valence-corrected chi connectivity index (χ0v) is 11.8. The molecule has 0 unspecified atom stereocenters. The Morgan fingerprint density at radius 1 is 1.39 bits per heavy atom. The smallest absolute Gasteiger partial charge is 0.322 e. The molecule has 1 aromatic carbocycles. The minimum Gasteiger partial charge on any atom is -0.395 e. The number of amides is 2. The van der Waals surface area contributed by atoms with Gasteiger partial charge in [-0.15, -0.1) is 0 Å². The van der Waals surface area contributed by atoms with Crippen LogP contribution in [0.15, 0.2) is 18.2 Å². The van der Waals surface area contributed by atoms with Gasteiger partial charge in [-0.1, -0.05) is 23.2 Å². The maximum Gasteiger partial charge on any atom is 0.322 e. The summed E-state index contributed by atoms with van der Waals surface area (Å²) in [7, 11) is 0. The molecular weight excluding hydrogens is 275 g/mol. The molecule has 0 heterocycles. The quantitative estimate of drug-likeness (QED) is 0.894. The fourth-order valence-electron chi connectivity index (χ4n) is 1.47. The van der Waals surface area contributed by atoms with Gasteiger partial charge >= 0.3 is 6.03 Å². The monoisotopic (exact) mass is 290 g/mol. The van der Waals surface area contributed by atoms with Crippen molar-refractivity contribution in [1.29, 1.82) is 0 Å². The van der Waals surface area contributed by atoms with E-state index in [1.807, 2.05) is 13.8 Å². The Kier molecular flexibility index (Phi) is 5.72. The maximum absolute atomic E-state index is 12.0. The third-order valence-corrected chi connectivity index (χ3v) is 3.14. The van der Waals surface area contributed by atoms with E-state index in [0.29, 0.717) is 15.7 Å². The van der Waals surface area contributed by atoms with Gasteiger partial charge in [-0.3, -0.25) is 0 Å². The Morgan fingerprint density at radius 2 is 2.06 bits per heavy atom. The number of hydrogen-bond acceptors (Lipinski definition) is 2. The number of anilines is 1. The van der Waals surface area contributed by atoms with Crippen molar-refractivity contribution in [2.24, 2.45) is 0 Å². The van der Waals surface area contributed by atoms with Gasteiger partial charge in [0.05, 0.1) is 16.7 Å². The first kappa shape index (κ1) is 15.1. The highest BCUT2D eigenvalue weighted by molar-refractivity contribution is 6.42. The van der Waals surface area contributed by atoms with Gasteiger partial charge in [0.15, 0.2) is 0 Å². The molecule has 18 heavy (non-hydrogen) atoms. The number of nitrogens with zero attached hydrogens (tertiary/aromatic N) is 1. The molecule has 1 aromatic rings. The largest absolute Gasteiger partial charge is 0.395 e. The van der Waals surface area contributed by atoms with Crippen molar-refractivity contribution in [3.63, 3.8) is 0 Å². The van der Waals surface area contributed by atoms with E-state index in [1.165, 1.54) is 4.90 Å². The van der Waals surface area contributed by atoms with Gasteiger partial charge in [0, 0.05) is 18.3 Å². The van der Waals surface area contributed by atoms with Gasteiger partial charge in [0.25, 0.3) is 0 Å². The minimum absolute atomic E-state index is 0.0000721. The molecule has 0 saturated carbocycles. The second-order valence-corrected chi connectivity index (χ2v) is 4.88. The number of hydrogen-bond donors (Lipinski definition) is 2. The summed E-state index contributed by atoms with van der Waals surface area (Å²) in [6.07, 6.45) is 0. The number of aliphatic hydroxyl groups excluding tert-OH is 1. The highest BCUT2D eigenvalue weighted by atomic mass is 35.5. The SMILES string of the molecule is CC(C)N(CCO)C(=O)Nc1ccc(Cl)c(Cl)c1. The molecule has 6 heteroatoms. The van der Waals surface area contributed by atoms with E-state index >= 15 is 0 Å². The minimum atomic E-state index is -0.280. The number of carbonyl (C=O) groups excluding carboxylic acids is 1. The lowest BCUT2D eigenvalue weighted by molar-refractivity contribution is 0.172. The lowest BCUT2D eigenvalue weighted by Crippen LogP contribution is -2.41. The molecular formula is C12H16Cl2N2O2. The van der Waals surface area contributed by atoms with Gasteiger partial charge in [-0.25, -0.2) is 4.79 Å². The molecule has 0 aliphatic carbocycles. The fourth-order valence-corrected chi connectivity index (χ4v) is 1.77. The van der Waals surface area contributed by atoms with Crippen LogP contribution in [0.4, 0.5) is 10.5 Å². The van der Waals surface area contributed by atoms with Gasteiger partial charge < -0.3 is 15.3 Å². The third-order valence-electron chi connectivity index (χ3n) is 2.40. The summed E-state index contributed by atoms with van der Waals surface area (Å²) in [5.41, 5.74) is 0.568. The molecule has 0 aliphatic rings. The van der Waals surface area contributed by atoms with Gasteiger partial charge in [-0.05, 0) is 32.0 Å². The Morgan fingerprint density at radius 3 is 2.56 bits per heavy atom. The van der Waals surface area contributed by atoms with Crippen molar-refractivity contribution < 1.29 is 9.90 Å². The molecule has 4 nitrogen and oxygen atoms in total. The van der Waals surface area contributed by atoms with Crippen LogP contribution in [-0.2, 0) is 0 Å². The van der Waals surface area contributed by atoms with E-state index in [9.17, 15) is 4.79 Å². The number of carbonyl (C=O) groups is 1. The lowest BCUT2D eigenvalue weighted by Gasteiger charge is -2.26. The molecule has 2 N–H and O–H groups in total. The normalized spacial score (nSPS) is 10.6. The molecule has 0 saturated heterocycles. The summed E-state index contributed by atoms with van der Waals surface area (Å²) < 4.78 is 0. The third kappa shape index (κ3) is 4.05. The van der Waals surface area contributed by atoms with Crippen LogP contribution in [0.1, 0.15) is 13.8 Å². The van der Waals surface area contributed by atoms with Crippen LogP contribution >= 0.6 is 23.2 Å². The van der Waals surface area contributed by atoms with Gasteiger partial charge in [-0.2, -0.15) is 0 Å². The predicted octanol–water partition coefficient (Wildman–Crippen LogP) is 3.23. The number of nitrogens with one attached hydrogen (secondary N) is 1. The first-order valence-electron chi connectivity index (χ1n) is 5.59. The summed E-state index contributed by atoms with van der Waals surface area (Å²) in [6.45, 7) is 3.96. The summed E-state index contributed by atoms with van der Waals surface area (Å²) in [5.74, 6) is 0. The van der Waals surface area contributed by atoms with E-state index in [4.69, 9.17) is 28.3 Å². The average Bonchev–Trinajstić information content (AvgIpc) is 2.30. The number of aliphatic hydroxyl groups is 1. The summed E-state index contributed by atoms with van der Waals surface area (Å²) >= 11 is 11.7. The van der Waals surface area contributed by atoms with Crippen molar-refractivity contribution >= 4 is 34.9 Å². The van der Waals surface area contributed by atoms with Crippen molar-refractivity contribution in [3.05, 3.63) is 28.2 Å². The molecule has 0 spiro atoms. The van der Waals surface area contributed by atoms with Crippen LogP contribution < -0.4 is 5.32 Å². The highest BCUT2D eigenvalue weighted by Gasteiger charge is 2.16. The Bertz CT molecular complexity index is 425. The fraction of sp³-hybridized carbons (Fsp3) is 0.417. The van der Waals surface area contributed by atoms with Crippen LogP contribution in [-0.4, -0.2) is 35.2 Å². The molecule has 0 atom stereocenters. The van der Waals surface area contributed by atoms with Crippen LogP contribution in [0.3, 0.4) is 0 Å². The highest BCUT2D eigenvalue weighted by Crippen LogP contribution is 2.25. The topological polar surface area (TPSA) is 52.6 Å². The Balaban J connectivity index is 2.76. The number of rotatable bonds is 4. The standard InChI is InChI=1S/C12H16Cl2N2O2/c1-8(2)16(5-6-17)12(18)15-9-3-4-10(13)11(14)7-9/h3-4,7-8,17H,5-6H2,1-2H3,(H,15,18). The summed E-state index contributed by atoms with van der Waals surface area (Å²) in [5, 5.41) is 12.4. The molecule has 0 bridgehead atoms. The number of urea groups is 1. The van der Waals surface area contributed by atoms with E-state index in [-0.39, 0.29) is 25.2 Å². The molecule has 0 radical (unpaired) electrons. The van der Waals surface area contributed by atoms with Gasteiger partial charge in [0.1, 0.15) is 0 Å². The molecule has 0 fully saturated rings. The average molecular weight is 291 g/mol. The first-order valence-corrected chi connectivity index (χ1v) is 6.35. The van der Waals surface area contributed by atoms with Gasteiger partial charge in [0.2, 0.25) is 0 Å². The van der Waals surface area contributed by atoms with Crippen molar-refractivity contribution in [1.82, 2.24) is 4.90 Å². The zero-order chi connectivity index (χ0) is 13.7. The second kappa shape index (κ2) is 6.83. The number of benzene rings is 1. The predicted molar refractivity (Wildman–Crippen MR) is 74.4 cm³/mol. The van der Waals surface area contributed by atoms with Crippen LogP contribution in [0.5, 0.6) is 0 Å². The number of halogens is 2. The van der Waals surface area contributed by atoms with Crippen LogP contribution in [0.25, 0.3) is 0 Å². The summed E-state index contributed by atoms with van der Waals surface area (Å²) in [6, 6.07) is 4.59. The van der Waals surface area contributed by atoms with Crippen LogP contribution in [0.2, 0.25) is 10.0 Å². The van der Waals surface area contributed by atoms with Crippen molar-refractivity contribution in [2.45, 2.75) is 19.9 Å². The second-order valence-electron chi connectivity index (χ2n) is 4.07. The molecule has 1 rings (SSSR count). The molecule has 0 aliphatic heterocycles. The summed E-state index contributed by atoms with van der Waals surface area (Å²) in [4.78, 5) is 13.5. The van der Waals surface area contributed by atoms with E-state index in [1.54, 1.807) is 18.2 Å². The lowest BCUT2D eigenvalue weighted by atomic mass is 10.3. The van der Waals surface area contributed by atoms with Crippen LogP contribution in [0, 0.1) is 0 Å². The maximum atomic E-state index is 12.0. The van der Waals surface area contributed by atoms with Crippen molar-refractivity contribution in [3.8, 4) is 0 Å². The molecule has 0 aromatic heterocycles. The van der Waals surface area contributed by atoms with E-state index in [0.717, 1.165) is 0 Å².